The molecule has 4 rings (SSSR count). The highest BCUT2D eigenvalue weighted by Crippen LogP contribution is 2.33. The summed E-state index contributed by atoms with van der Waals surface area (Å²) in [6.45, 7) is 1.51. The lowest BCUT2D eigenvalue weighted by atomic mass is 10.0. The number of benzene rings is 1. The number of carboxylic acids is 1. The van der Waals surface area contributed by atoms with E-state index in [1.807, 2.05) is 0 Å². The highest BCUT2D eigenvalue weighted by atomic mass is 32.1. The van der Waals surface area contributed by atoms with Crippen molar-refractivity contribution in [3.63, 3.8) is 0 Å². The SMILES string of the molecule is CN=Cc1c(N2CCN(O)CC2)c(F)cc2c(=O)c(C(=O)O)c3sccn3c12. The first kappa shape index (κ1) is 18.5. The summed E-state index contributed by atoms with van der Waals surface area (Å²) in [4.78, 5) is 30.6. The van der Waals surface area contributed by atoms with Gasteiger partial charge in [-0.15, -0.1) is 11.3 Å². The minimum atomic E-state index is -1.35. The monoisotopic (exact) mass is 404 g/mol. The number of hydrogen-bond acceptors (Lipinski definition) is 7. The molecule has 8 nitrogen and oxygen atoms in total. The Morgan fingerprint density at radius 2 is 2.04 bits per heavy atom. The van der Waals surface area contributed by atoms with Crippen LogP contribution in [0.3, 0.4) is 0 Å². The molecule has 1 aromatic carbocycles. The van der Waals surface area contributed by atoms with Gasteiger partial charge in [0.25, 0.3) is 0 Å². The molecule has 0 amide bonds. The molecule has 28 heavy (non-hydrogen) atoms. The van der Waals surface area contributed by atoms with Gasteiger partial charge >= 0.3 is 5.97 Å². The van der Waals surface area contributed by atoms with Crippen molar-refractivity contribution in [1.82, 2.24) is 9.46 Å². The molecule has 0 spiro atoms. The van der Waals surface area contributed by atoms with E-state index < -0.39 is 17.2 Å². The molecule has 3 aromatic rings. The third kappa shape index (κ3) is 2.77. The number of halogens is 1. The number of aromatic nitrogens is 1. The Morgan fingerprint density at radius 3 is 2.68 bits per heavy atom. The molecular formula is C18H17FN4O4S. The third-order valence-corrected chi connectivity index (χ3v) is 5.72. The summed E-state index contributed by atoms with van der Waals surface area (Å²) in [5.74, 6) is -1.97. The molecule has 146 valence electrons. The van der Waals surface area contributed by atoms with Gasteiger partial charge in [-0.3, -0.25) is 9.79 Å². The second-order valence-electron chi connectivity index (χ2n) is 6.43. The molecule has 10 heteroatoms. The molecule has 0 unspecified atom stereocenters. The number of thiazole rings is 1. The third-order valence-electron chi connectivity index (χ3n) is 4.84. The van der Waals surface area contributed by atoms with Gasteiger partial charge in [0.1, 0.15) is 16.2 Å². The van der Waals surface area contributed by atoms with E-state index in [4.69, 9.17) is 0 Å². The van der Waals surface area contributed by atoms with E-state index in [9.17, 15) is 19.9 Å². The maximum atomic E-state index is 15.2. The van der Waals surface area contributed by atoms with E-state index in [1.165, 1.54) is 11.3 Å². The quantitative estimate of drug-likeness (QED) is 0.648. The van der Waals surface area contributed by atoms with Gasteiger partial charge in [-0.05, 0) is 6.07 Å². The Kier molecular flexibility index (Phi) is 4.61. The van der Waals surface area contributed by atoms with Crippen molar-refractivity contribution in [2.24, 2.45) is 4.99 Å². The largest absolute Gasteiger partial charge is 0.477 e. The van der Waals surface area contributed by atoms with Crippen molar-refractivity contribution in [2.75, 3.05) is 38.1 Å². The number of carbonyl (C=O) groups is 1. The van der Waals surface area contributed by atoms with Crippen LogP contribution in [0.1, 0.15) is 15.9 Å². The fourth-order valence-corrected chi connectivity index (χ4v) is 4.51. The van der Waals surface area contributed by atoms with Gasteiger partial charge < -0.3 is 19.6 Å². The Balaban J connectivity index is 2.12. The van der Waals surface area contributed by atoms with Crippen molar-refractivity contribution in [3.8, 4) is 0 Å². The number of rotatable bonds is 3. The van der Waals surface area contributed by atoms with Gasteiger partial charge in [0.05, 0.1) is 16.6 Å². The molecule has 0 radical (unpaired) electrons. The number of aromatic carboxylic acids is 1. The zero-order valence-electron chi connectivity index (χ0n) is 14.9. The topological polar surface area (TPSA) is 97.9 Å². The summed E-state index contributed by atoms with van der Waals surface area (Å²) in [6.07, 6.45) is 3.14. The number of hydroxylamine groups is 2. The molecule has 0 aliphatic carbocycles. The van der Waals surface area contributed by atoms with Crippen LogP contribution in [0.25, 0.3) is 15.7 Å². The molecule has 0 saturated carbocycles. The smallest absolute Gasteiger partial charge is 0.342 e. The van der Waals surface area contributed by atoms with Crippen molar-refractivity contribution in [3.05, 3.63) is 44.8 Å². The Bertz CT molecular complexity index is 1180. The highest BCUT2D eigenvalue weighted by Gasteiger charge is 2.27. The van der Waals surface area contributed by atoms with Gasteiger partial charge in [-0.1, -0.05) is 0 Å². The average Bonchev–Trinajstić information content (AvgIpc) is 3.12. The average molecular weight is 404 g/mol. The van der Waals surface area contributed by atoms with E-state index in [0.717, 1.165) is 17.4 Å². The van der Waals surface area contributed by atoms with Crippen LogP contribution in [0, 0.1) is 5.82 Å². The number of nitrogens with zero attached hydrogens (tertiary/aromatic N) is 4. The van der Waals surface area contributed by atoms with Gasteiger partial charge in [0.2, 0.25) is 5.43 Å². The first-order chi connectivity index (χ1) is 13.4. The van der Waals surface area contributed by atoms with Crippen molar-refractivity contribution in [1.29, 1.82) is 0 Å². The highest BCUT2D eigenvalue weighted by molar-refractivity contribution is 7.16. The molecule has 1 saturated heterocycles. The van der Waals surface area contributed by atoms with Crippen LogP contribution >= 0.6 is 11.3 Å². The molecule has 1 fully saturated rings. The number of aliphatic imine (C=N–C) groups is 1. The Labute approximate surface area is 162 Å². The van der Waals surface area contributed by atoms with E-state index >= 15 is 4.39 Å². The van der Waals surface area contributed by atoms with Gasteiger partial charge in [-0.2, -0.15) is 5.06 Å². The summed E-state index contributed by atoms with van der Waals surface area (Å²) in [7, 11) is 1.55. The van der Waals surface area contributed by atoms with Crippen LogP contribution < -0.4 is 10.3 Å². The van der Waals surface area contributed by atoms with E-state index in [2.05, 4.69) is 4.99 Å². The van der Waals surface area contributed by atoms with Gasteiger partial charge in [-0.25, -0.2) is 9.18 Å². The number of hydrogen-bond donors (Lipinski definition) is 2. The van der Waals surface area contributed by atoms with Gasteiger partial charge in [0.15, 0.2) is 0 Å². The van der Waals surface area contributed by atoms with Crippen molar-refractivity contribution >= 4 is 44.9 Å². The summed E-state index contributed by atoms with van der Waals surface area (Å²) in [5, 5.41) is 22.0. The number of carboxylic acid groups (broad SMARTS) is 1. The fraction of sp³-hybridized carbons (Fsp3) is 0.278. The lowest BCUT2D eigenvalue weighted by Crippen LogP contribution is -2.45. The van der Waals surface area contributed by atoms with Crippen LogP contribution in [0.2, 0.25) is 0 Å². The number of fused-ring (bicyclic) bond motifs is 3. The molecule has 3 heterocycles. The maximum absolute atomic E-state index is 15.2. The molecule has 2 aromatic heterocycles. The number of piperazine rings is 1. The molecular weight excluding hydrogens is 387 g/mol. The predicted octanol–water partition coefficient (Wildman–Crippen LogP) is 1.91. The summed E-state index contributed by atoms with van der Waals surface area (Å²) >= 11 is 1.13. The molecule has 0 atom stereocenters. The second-order valence-corrected chi connectivity index (χ2v) is 7.33. The summed E-state index contributed by atoms with van der Waals surface area (Å²) in [6, 6.07) is 1.10. The maximum Gasteiger partial charge on any atom is 0.342 e. The normalized spacial score (nSPS) is 15.9. The zero-order chi connectivity index (χ0) is 20.0. The minimum absolute atomic E-state index is 0.00903. The molecule has 1 aliphatic heterocycles. The Morgan fingerprint density at radius 1 is 1.32 bits per heavy atom. The van der Waals surface area contributed by atoms with Crippen LogP contribution in [-0.4, -0.2) is 65.2 Å². The van der Waals surface area contributed by atoms with E-state index in [1.54, 1.807) is 27.9 Å². The van der Waals surface area contributed by atoms with Gasteiger partial charge in [0, 0.05) is 56.6 Å². The number of pyridine rings is 1. The Hall–Kier alpha value is -2.82. The molecule has 2 N–H and O–H groups in total. The first-order valence-corrected chi connectivity index (χ1v) is 9.44. The van der Waals surface area contributed by atoms with Crippen LogP contribution in [0.4, 0.5) is 10.1 Å². The van der Waals surface area contributed by atoms with E-state index in [0.29, 0.717) is 37.3 Å². The lowest BCUT2D eigenvalue weighted by molar-refractivity contribution is -0.0936. The summed E-state index contributed by atoms with van der Waals surface area (Å²) in [5.41, 5.74) is 0.0175. The van der Waals surface area contributed by atoms with Crippen LogP contribution in [0.5, 0.6) is 0 Å². The van der Waals surface area contributed by atoms with Crippen molar-refractivity contribution < 1.29 is 19.5 Å². The first-order valence-electron chi connectivity index (χ1n) is 8.56. The van der Waals surface area contributed by atoms with Crippen LogP contribution in [-0.2, 0) is 0 Å². The van der Waals surface area contributed by atoms with Crippen LogP contribution in [0.15, 0.2) is 27.4 Å². The number of anilines is 1. The van der Waals surface area contributed by atoms with Crippen molar-refractivity contribution in [2.45, 2.75) is 0 Å². The summed E-state index contributed by atoms with van der Waals surface area (Å²) < 4.78 is 16.8. The zero-order valence-corrected chi connectivity index (χ0v) is 15.7. The molecule has 1 aliphatic rings. The fourth-order valence-electron chi connectivity index (χ4n) is 3.63. The molecule has 0 bridgehead atoms. The lowest BCUT2D eigenvalue weighted by Gasteiger charge is -2.34. The minimum Gasteiger partial charge on any atom is -0.477 e. The van der Waals surface area contributed by atoms with E-state index in [-0.39, 0.29) is 21.5 Å². The second kappa shape index (κ2) is 6.97. The standard InChI is InChI=1S/C18H17FN4O4S/c1-20-9-11-14-10(8-12(19)15(11)21-2-4-22(27)5-3-21)16(24)13(18(25)26)17-23(14)6-7-28-17/h6-9,27H,2-5H2,1H3,(H,25,26). The predicted molar refractivity (Wildman–Crippen MR) is 105 cm³/mol.